The van der Waals surface area contributed by atoms with Crippen LogP contribution in [0.5, 0.6) is 0 Å². The van der Waals surface area contributed by atoms with Crippen LogP contribution < -0.4 is 5.32 Å². The minimum atomic E-state index is 0.100. The van der Waals surface area contributed by atoms with Crippen LogP contribution >= 0.6 is 0 Å². The predicted molar refractivity (Wildman–Crippen MR) is 70.3 cm³/mol. The highest BCUT2D eigenvalue weighted by molar-refractivity contribution is 5.76. The summed E-state index contributed by atoms with van der Waals surface area (Å²) in [7, 11) is 1.65. The van der Waals surface area contributed by atoms with E-state index in [2.05, 4.69) is 15.5 Å². The lowest BCUT2D eigenvalue weighted by molar-refractivity contribution is -0.122. The van der Waals surface area contributed by atoms with Gasteiger partial charge >= 0.3 is 0 Å². The van der Waals surface area contributed by atoms with Crippen LogP contribution in [0.4, 0.5) is 0 Å². The van der Waals surface area contributed by atoms with Gasteiger partial charge in [-0.05, 0) is 31.2 Å². The molecule has 1 rings (SSSR count). The van der Waals surface area contributed by atoms with Gasteiger partial charge in [-0.25, -0.2) is 0 Å². The largest absolute Gasteiger partial charge is 0.384 e. The molecule has 1 atom stereocenters. The molecule has 0 fully saturated rings. The van der Waals surface area contributed by atoms with Crippen molar-refractivity contribution in [3.63, 3.8) is 0 Å². The van der Waals surface area contributed by atoms with E-state index in [1.807, 2.05) is 20.0 Å². The lowest BCUT2D eigenvalue weighted by atomic mass is 10.1. The monoisotopic (exact) mass is 253 g/mol. The van der Waals surface area contributed by atoms with Crippen LogP contribution in [0.3, 0.4) is 0 Å². The molecule has 0 saturated heterocycles. The van der Waals surface area contributed by atoms with Gasteiger partial charge < -0.3 is 10.1 Å². The number of hydrogen-bond donors (Lipinski definition) is 2. The molecule has 0 aliphatic heterocycles. The molecule has 1 amide bonds. The molecule has 2 N–H and O–H groups in total. The van der Waals surface area contributed by atoms with E-state index in [4.69, 9.17) is 4.74 Å². The summed E-state index contributed by atoms with van der Waals surface area (Å²) in [6, 6.07) is 0. The standard InChI is InChI=1S/C13H23N3O2/c1-10(9-18-3)7-13(17)14-6-4-5-12-8-15-16-11(12)2/h8,10H,4-7,9H2,1-3H3,(H,14,17)(H,15,16). The van der Waals surface area contributed by atoms with Crippen molar-refractivity contribution < 1.29 is 9.53 Å². The van der Waals surface area contributed by atoms with E-state index in [9.17, 15) is 4.79 Å². The SMILES string of the molecule is COCC(C)CC(=O)NCCCc1cn[nH]c1C. The first-order valence-electron chi connectivity index (χ1n) is 6.38. The van der Waals surface area contributed by atoms with Gasteiger partial charge in [-0.3, -0.25) is 9.89 Å². The van der Waals surface area contributed by atoms with E-state index in [0.29, 0.717) is 19.6 Å². The number of hydrogen-bond acceptors (Lipinski definition) is 3. The molecule has 1 aromatic heterocycles. The van der Waals surface area contributed by atoms with Gasteiger partial charge in [0.15, 0.2) is 0 Å². The van der Waals surface area contributed by atoms with Gasteiger partial charge in [0.05, 0.1) is 6.20 Å². The van der Waals surface area contributed by atoms with Crippen LogP contribution in [-0.2, 0) is 16.0 Å². The first kappa shape index (κ1) is 14.7. The van der Waals surface area contributed by atoms with Gasteiger partial charge in [-0.2, -0.15) is 5.10 Å². The smallest absolute Gasteiger partial charge is 0.220 e. The fraction of sp³-hybridized carbons (Fsp3) is 0.692. The van der Waals surface area contributed by atoms with Gasteiger partial charge in [0.1, 0.15) is 0 Å². The quantitative estimate of drug-likeness (QED) is 0.689. The Bertz CT molecular complexity index is 363. The van der Waals surface area contributed by atoms with Crippen LogP contribution in [0.15, 0.2) is 6.20 Å². The van der Waals surface area contributed by atoms with E-state index in [1.54, 1.807) is 7.11 Å². The summed E-state index contributed by atoms with van der Waals surface area (Å²) in [4.78, 5) is 11.6. The number of carbonyl (C=O) groups is 1. The number of carbonyl (C=O) groups excluding carboxylic acids is 1. The third-order valence-corrected chi connectivity index (χ3v) is 2.86. The number of nitrogens with zero attached hydrogens (tertiary/aromatic N) is 1. The highest BCUT2D eigenvalue weighted by Gasteiger charge is 2.08. The molecule has 0 saturated carbocycles. The van der Waals surface area contributed by atoms with Crippen molar-refractivity contribution in [1.82, 2.24) is 15.5 Å². The Labute approximate surface area is 108 Å². The molecule has 5 heteroatoms. The Hall–Kier alpha value is -1.36. The lowest BCUT2D eigenvalue weighted by Crippen LogP contribution is -2.27. The Kier molecular flexibility index (Phi) is 6.43. The average molecular weight is 253 g/mol. The Morgan fingerprint density at radius 3 is 3.00 bits per heavy atom. The van der Waals surface area contributed by atoms with E-state index in [-0.39, 0.29) is 11.8 Å². The number of aryl methyl sites for hydroxylation is 2. The van der Waals surface area contributed by atoms with Crippen molar-refractivity contribution in [2.24, 2.45) is 5.92 Å². The van der Waals surface area contributed by atoms with Crippen LogP contribution in [0.25, 0.3) is 0 Å². The molecule has 0 aliphatic rings. The summed E-state index contributed by atoms with van der Waals surface area (Å²) in [6.07, 6.45) is 4.25. The Morgan fingerprint density at radius 2 is 2.39 bits per heavy atom. The zero-order chi connectivity index (χ0) is 13.4. The minimum absolute atomic E-state index is 0.100. The maximum absolute atomic E-state index is 11.6. The molecule has 5 nitrogen and oxygen atoms in total. The van der Waals surface area contributed by atoms with Crippen molar-refractivity contribution in [1.29, 1.82) is 0 Å². The number of amides is 1. The van der Waals surface area contributed by atoms with Gasteiger partial charge in [-0.1, -0.05) is 6.92 Å². The Morgan fingerprint density at radius 1 is 1.61 bits per heavy atom. The molecule has 1 heterocycles. The van der Waals surface area contributed by atoms with E-state index in [1.165, 1.54) is 5.56 Å². The molecule has 102 valence electrons. The summed E-state index contributed by atoms with van der Waals surface area (Å²) >= 11 is 0. The van der Waals surface area contributed by atoms with Crippen molar-refractivity contribution >= 4 is 5.91 Å². The predicted octanol–water partition coefficient (Wildman–Crippen LogP) is 1.44. The molecule has 18 heavy (non-hydrogen) atoms. The molecule has 0 bridgehead atoms. The van der Waals surface area contributed by atoms with Crippen molar-refractivity contribution in [3.05, 3.63) is 17.5 Å². The van der Waals surface area contributed by atoms with Crippen LogP contribution in [0.2, 0.25) is 0 Å². The fourth-order valence-electron chi connectivity index (χ4n) is 1.87. The maximum Gasteiger partial charge on any atom is 0.220 e. The number of methoxy groups -OCH3 is 1. The summed E-state index contributed by atoms with van der Waals surface area (Å²) < 4.78 is 5.00. The van der Waals surface area contributed by atoms with Crippen molar-refractivity contribution in [2.75, 3.05) is 20.3 Å². The molecule has 0 spiro atoms. The van der Waals surface area contributed by atoms with Crippen LogP contribution in [0, 0.1) is 12.8 Å². The number of rotatable bonds is 8. The van der Waals surface area contributed by atoms with E-state index in [0.717, 1.165) is 18.5 Å². The first-order valence-corrected chi connectivity index (χ1v) is 6.38. The number of nitrogens with one attached hydrogen (secondary N) is 2. The molecular formula is C13H23N3O2. The molecule has 0 aliphatic carbocycles. The topological polar surface area (TPSA) is 67.0 Å². The highest BCUT2D eigenvalue weighted by Crippen LogP contribution is 2.05. The normalized spacial score (nSPS) is 12.4. The molecular weight excluding hydrogens is 230 g/mol. The molecule has 0 radical (unpaired) electrons. The van der Waals surface area contributed by atoms with Gasteiger partial charge in [0.2, 0.25) is 5.91 Å². The number of aromatic nitrogens is 2. The summed E-state index contributed by atoms with van der Waals surface area (Å²) in [6.45, 7) is 5.36. The van der Waals surface area contributed by atoms with Crippen molar-refractivity contribution in [2.45, 2.75) is 33.1 Å². The summed E-state index contributed by atoms with van der Waals surface area (Å²) in [5.74, 6) is 0.370. The fourth-order valence-corrected chi connectivity index (χ4v) is 1.87. The van der Waals surface area contributed by atoms with E-state index < -0.39 is 0 Å². The second-order valence-electron chi connectivity index (χ2n) is 4.74. The third-order valence-electron chi connectivity index (χ3n) is 2.86. The first-order chi connectivity index (χ1) is 8.63. The minimum Gasteiger partial charge on any atom is -0.384 e. The maximum atomic E-state index is 11.6. The second kappa shape index (κ2) is 7.87. The zero-order valence-corrected chi connectivity index (χ0v) is 11.5. The molecule has 1 aromatic rings. The summed E-state index contributed by atoms with van der Waals surface area (Å²) in [5, 5.41) is 9.81. The number of aromatic amines is 1. The zero-order valence-electron chi connectivity index (χ0n) is 11.5. The Balaban J connectivity index is 2.11. The average Bonchev–Trinajstić information content (AvgIpc) is 2.71. The van der Waals surface area contributed by atoms with Gasteiger partial charge in [-0.15, -0.1) is 0 Å². The molecule has 1 unspecified atom stereocenters. The third kappa shape index (κ3) is 5.31. The number of ether oxygens (including phenoxy) is 1. The van der Waals surface area contributed by atoms with Crippen LogP contribution in [0.1, 0.15) is 31.0 Å². The van der Waals surface area contributed by atoms with Crippen LogP contribution in [-0.4, -0.2) is 36.4 Å². The lowest BCUT2D eigenvalue weighted by Gasteiger charge is -2.10. The second-order valence-corrected chi connectivity index (χ2v) is 4.74. The number of H-pyrrole nitrogens is 1. The summed E-state index contributed by atoms with van der Waals surface area (Å²) in [5.41, 5.74) is 2.33. The van der Waals surface area contributed by atoms with Crippen molar-refractivity contribution in [3.8, 4) is 0 Å². The van der Waals surface area contributed by atoms with Gasteiger partial charge in [0.25, 0.3) is 0 Å². The van der Waals surface area contributed by atoms with Gasteiger partial charge in [0, 0.05) is 32.4 Å². The molecule has 0 aromatic carbocycles. The van der Waals surface area contributed by atoms with E-state index >= 15 is 0 Å². The highest BCUT2D eigenvalue weighted by atomic mass is 16.5.